The van der Waals surface area contributed by atoms with Crippen LogP contribution in [0.1, 0.15) is 47.9 Å². The fourth-order valence-electron chi connectivity index (χ4n) is 4.96. The van der Waals surface area contributed by atoms with E-state index in [9.17, 15) is 20.4 Å². The Hall–Kier alpha value is -4.58. The molecule has 2 unspecified atom stereocenters. The zero-order valence-electron chi connectivity index (χ0n) is 20.9. The van der Waals surface area contributed by atoms with E-state index in [2.05, 4.69) is 0 Å². The van der Waals surface area contributed by atoms with E-state index in [-0.39, 0.29) is 35.1 Å². The maximum Gasteiger partial charge on any atom is 0.128 e. The molecule has 192 valence electrons. The Morgan fingerprint density at radius 3 is 1.29 bits per heavy atom. The summed E-state index contributed by atoms with van der Waals surface area (Å²) in [6.45, 7) is 0. The number of rotatable bonds is 6. The lowest BCUT2D eigenvalue weighted by Crippen LogP contribution is -2.30. The molecule has 6 heteroatoms. The summed E-state index contributed by atoms with van der Waals surface area (Å²) in [7, 11) is 0. The van der Waals surface area contributed by atoms with Crippen LogP contribution in [0.3, 0.4) is 0 Å². The molecule has 0 radical (unpaired) electrons. The van der Waals surface area contributed by atoms with Gasteiger partial charge in [-0.05, 0) is 37.1 Å². The molecule has 5 rings (SSSR count). The van der Waals surface area contributed by atoms with E-state index in [0.717, 1.165) is 36.8 Å². The van der Waals surface area contributed by atoms with Gasteiger partial charge in [0.05, 0.1) is 23.5 Å². The minimum absolute atomic E-state index is 0.0139. The second-order valence-corrected chi connectivity index (χ2v) is 9.51. The molecule has 2 atom stereocenters. The molecule has 1 fully saturated rings. The third-order valence-corrected chi connectivity index (χ3v) is 6.85. The van der Waals surface area contributed by atoms with Gasteiger partial charge in [-0.1, -0.05) is 73.5 Å². The molecular weight excluding hydrogens is 476 g/mol. The van der Waals surface area contributed by atoms with Crippen molar-refractivity contribution in [3.63, 3.8) is 0 Å². The minimum Gasteiger partial charge on any atom is -0.508 e. The van der Waals surface area contributed by atoms with E-state index < -0.39 is 0 Å². The fraction of sp³-hybridized carbons (Fsp3) is 0.188. The highest BCUT2D eigenvalue weighted by Crippen LogP contribution is 2.32. The predicted octanol–water partition coefficient (Wildman–Crippen LogP) is 6.20. The van der Waals surface area contributed by atoms with Crippen LogP contribution in [0, 0.1) is 0 Å². The average molecular weight is 507 g/mol. The lowest BCUT2D eigenvalue weighted by atomic mass is 9.89. The Kier molecular flexibility index (Phi) is 7.40. The van der Waals surface area contributed by atoms with Crippen LogP contribution in [0.5, 0.6) is 23.0 Å². The molecular formula is C32H30N2O4. The van der Waals surface area contributed by atoms with Crippen LogP contribution in [0.2, 0.25) is 0 Å². The van der Waals surface area contributed by atoms with Crippen molar-refractivity contribution in [2.75, 3.05) is 0 Å². The first-order chi connectivity index (χ1) is 18.5. The highest BCUT2D eigenvalue weighted by Gasteiger charge is 2.27. The third kappa shape index (κ3) is 5.54. The molecule has 0 aromatic heterocycles. The SMILES string of the molecule is Oc1ccc(C(=NC2CCCCC2N=C(c2ccccc2)c2ccc(O)cc2O)c2ccccc2)c(O)c1. The van der Waals surface area contributed by atoms with Gasteiger partial charge in [-0.2, -0.15) is 0 Å². The Morgan fingerprint density at radius 1 is 0.526 bits per heavy atom. The zero-order valence-corrected chi connectivity index (χ0v) is 20.9. The van der Waals surface area contributed by atoms with Gasteiger partial charge in [-0.15, -0.1) is 0 Å². The van der Waals surface area contributed by atoms with Crippen molar-refractivity contribution in [3.8, 4) is 23.0 Å². The molecule has 0 aliphatic heterocycles. The first-order valence-corrected chi connectivity index (χ1v) is 12.8. The smallest absolute Gasteiger partial charge is 0.128 e. The van der Waals surface area contributed by atoms with Gasteiger partial charge < -0.3 is 20.4 Å². The molecule has 0 saturated heterocycles. The number of aliphatic imine (C=N–C) groups is 2. The first kappa shape index (κ1) is 25.1. The standard InChI is InChI=1S/C32H30N2O4/c35-23-15-17-25(29(37)19-23)31(21-9-3-1-4-10-21)33-27-13-7-8-14-28(27)34-32(22-11-5-2-6-12-22)26-18-16-24(36)20-30(26)38/h1-6,9-12,15-20,27-28,35-38H,7-8,13-14H2. The number of hydrogen-bond donors (Lipinski definition) is 4. The summed E-state index contributed by atoms with van der Waals surface area (Å²) >= 11 is 0. The Bertz CT molecular complexity index is 1350. The van der Waals surface area contributed by atoms with Crippen molar-refractivity contribution in [3.05, 3.63) is 119 Å². The second kappa shape index (κ2) is 11.2. The maximum absolute atomic E-state index is 10.7. The van der Waals surface area contributed by atoms with Gasteiger partial charge in [0.25, 0.3) is 0 Å². The van der Waals surface area contributed by atoms with Crippen LogP contribution in [0.25, 0.3) is 0 Å². The molecule has 1 aliphatic rings. The highest BCUT2D eigenvalue weighted by molar-refractivity contribution is 6.15. The van der Waals surface area contributed by atoms with Crippen LogP contribution < -0.4 is 0 Å². The summed E-state index contributed by atoms with van der Waals surface area (Å²) in [5, 5.41) is 41.1. The van der Waals surface area contributed by atoms with E-state index >= 15 is 0 Å². The third-order valence-electron chi connectivity index (χ3n) is 6.85. The van der Waals surface area contributed by atoms with Crippen LogP contribution in [-0.2, 0) is 0 Å². The molecule has 4 N–H and O–H groups in total. The van der Waals surface area contributed by atoms with E-state index in [1.165, 1.54) is 12.1 Å². The van der Waals surface area contributed by atoms with Crippen LogP contribution >= 0.6 is 0 Å². The fourth-order valence-corrected chi connectivity index (χ4v) is 4.96. The van der Waals surface area contributed by atoms with E-state index in [1.807, 2.05) is 60.7 Å². The quantitative estimate of drug-likeness (QED) is 0.234. The molecule has 1 saturated carbocycles. The van der Waals surface area contributed by atoms with Gasteiger partial charge >= 0.3 is 0 Å². The molecule has 38 heavy (non-hydrogen) atoms. The average Bonchev–Trinajstić information content (AvgIpc) is 2.93. The van der Waals surface area contributed by atoms with Gasteiger partial charge in [0.1, 0.15) is 23.0 Å². The Balaban J connectivity index is 1.63. The van der Waals surface area contributed by atoms with Crippen molar-refractivity contribution in [2.45, 2.75) is 37.8 Å². The summed E-state index contributed by atoms with van der Waals surface area (Å²) in [6, 6.07) is 28.2. The Labute approximate surface area is 221 Å². The van der Waals surface area contributed by atoms with Crippen molar-refractivity contribution >= 4 is 11.4 Å². The number of benzene rings is 4. The molecule has 0 amide bonds. The second-order valence-electron chi connectivity index (χ2n) is 9.51. The van der Waals surface area contributed by atoms with Crippen molar-refractivity contribution in [1.29, 1.82) is 0 Å². The molecule has 0 spiro atoms. The van der Waals surface area contributed by atoms with Crippen LogP contribution in [0.4, 0.5) is 0 Å². The summed E-state index contributed by atoms with van der Waals surface area (Å²) < 4.78 is 0. The number of phenols is 4. The van der Waals surface area contributed by atoms with Crippen molar-refractivity contribution in [2.24, 2.45) is 9.98 Å². The van der Waals surface area contributed by atoms with Crippen molar-refractivity contribution in [1.82, 2.24) is 0 Å². The molecule has 0 bridgehead atoms. The zero-order chi connectivity index (χ0) is 26.5. The van der Waals surface area contributed by atoms with E-state index in [4.69, 9.17) is 9.98 Å². The number of phenolic OH excluding ortho intramolecular Hbond substituents is 4. The topological polar surface area (TPSA) is 106 Å². The van der Waals surface area contributed by atoms with E-state index in [0.29, 0.717) is 22.6 Å². The normalized spacial score (nSPS) is 18.3. The maximum atomic E-state index is 10.7. The summed E-state index contributed by atoms with van der Waals surface area (Å²) in [5.74, 6) is -0.107. The molecule has 0 heterocycles. The van der Waals surface area contributed by atoms with Gasteiger partial charge in [-0.3, -0.25) is 9.98 Å². The summed E-state index contributed by atoms with van der Waals surface area (Å²) in [6.07, 6.45) is 3.67. The largest absolute Gasteiger partial charge is 0.508 e. The van der Waals surface area contributed by atoms with Gasteiger partial charge in [0.15, 0.2) is 0 Å². The molecule has 6 nitrogen and oxygen atoms in total. The summed E-state index contributed by atoms with van der Waals surface area (Å²) in [5.41, 5.74) is 4.10. The monoisotopic (exact) mass is 506 g/mol. The van der Waals surface area contributed by atoms with Crippen LogP contribution in [0.15, 0.2) is 107 Å². The van der Waals surface area contributed by atoms with Gasteiger partial charge in [0, 0.05) is 34.4 Å². The van der Waals surface area contributed by atoms with Gasteiger partial charge in [0.2, 0.25) is 0 Å². The van der Waals surface area contributed by atoms with Crippen LogP contribution in [-0.4, -0.2) is 43.9 Å². The highest BCUT2D eigenvalue weighted by atomic mass is 16.3. The first-order valence-electron chi connectivity index (χ1n) is 12.8. The van der Waals surface area contributed by atoms with E-state index in [1.54, 1.807) is 24.3 Å². The Morgan fingerprint density at radius 2 is 0.921 bits per heavy atom. The number of nitrogens with zero attached hydrogens (tertiary/aromatic N) is 2. The predicted molar refractivity (Wildman–Crippen MR) is 150 cm³/mol. The molecule has 4 aromatic rings. The molecule has 4 aromatic carbocycles. The van der Waals surface area contributed by atoms with Crippen molar-refractivity contribution < 1.29 is 20.4 Å². The lowest BCUT2D eigenvalue weighted by Gasteiger charge is -2.28. The number of hydrogen-bond acceptors (Lipinski definition) is 6. The number of aromatic hydroxyl groups is 4. The minimum atomic E-state index is -0.162. The summed E-state index contributed by atoms with van der Waals surface area (Å²) in [4.78, 5) is 10.4. The molecule has 1 aliphatic carbocycles. The van der Waals surface area contributed by atoms with Gasteiger partial charge in [-0.25, -0.2) is 0 Å². The lowest BCUT2D eigenvalue weighted by molar-refractivity contribution is 0.388.